The molecule has 4 nitrogen and oxygen atoms in total. The normalized spacial score (nSPS) is 10.5. The molecule has 23 heavy (non-hydrogen) atoms. The molecule has 0 saturated heterocycles. The third-order valence-electron chi connectivity index (χ3n) is 3.62. The Bertz CT molecular complexity index is 626. The van der Waals surface area contributed by atoms with Crippen LogP contribution in [0.5, 0.6) is 11.5 Å². The first-order valence-corrected chi connectivity index (χ1v) is 7.98. The number of nitrogens with two attached hydrogens (primary N) is 1. The second kappa shape index (κ2) is 8.96. The molecule has 2 aromatic carbocycles. The van der Waals surface area contributed by atoms with E-state index in [2.05, 4.69) is 0 Å². The predicted molar refractivity (Wildman–Crippen MR) is 91.0 cm³/mol. The fourth-order valence-electron chi connectivity index (χ4n) is 2.33. The van der Waals surface area contributed by atoms with Crippen LogP contribution in [0.15, 0.2) is 48.5 Å². The smallest absolute Gasteiger partial charge is 0.196 e. The van der Waals surface area contributed by atoms with E-state index in [1.165, 1.54) is 6.07 Å². The Labute approximate surface area is 136 Å². The zero-order valence-electron chi connectivity index (χ0n) is 13.2. The molecule has 0 fully saturated rings. The van der Waals surface area contributed by atoms with Gasteiger partial charge in [-0.1, -0.05) is 43.2 Å². The molecule has 4 heteroatoms. The van der Waals surface area contributed by atoms with Crippen LogP contribution in [-0.2, 0) is 0 Å². The molecule has 0 bridgehead atoms. The van der Waals surface area contributed by atoms with Gasteiger partial charge >= 0.3 is 0 Å². The summed E-state index contributed by atoms with van der Waals surface area (Å²) in [7, 11) is 0. The van der Waals surface area contributed by atoms with Crippen LogP contribution in [0.1, 0.15) is 41.6 Å². The highest BCUT2D eigenvalue weighted by molar-refractivity contribution is 6.10. The van der Waals surface area contributed by atoms with Crippen molar-refractivity contribution < 1.29 is 14.6 Å². The lowest BCUT2D eigenvalue weighted by Gasteiger charge is -2.09. The molecule has 0 aromatic heterocycles. The third kappa shape index (κ3) is 5.11. The van der Waals surface area contributed by atoms with Crippen LogP contribution in [0.2, 0.25) is 0 Å². The number of ketones is 1. The Morgan fingerprint density at radius 2 is 1.74 bits per heavy atom. The van der Waals surface area contributed by atoms with E-state index in [4.69, 9.17) is 10.5 Å². The molecule has 0 amide bonds. The van der Waals surface area contributed by atoms with Crippen molar-refractivity contribution in [3.63, 3.8) is 0 Å². The maximum absolute atomic E-state index is 12.3. The topological polar surface area (TPSA) is 72.5 Å². The van der Waals surface area contributed by atoms with Crippen LogP contribution < -0.4 is 10.5 Å². The van der Waals surface area contributed by atoms with Gasteiger partial charge in [0.25, 0.3) is 0 Å². The summed E-state index contributed by atoms with van der Waals surface area (Å²) in [6.07, 6.45) is 4.17. The van der Waals surface area contributed by atoms with E-state index in [1.54, 1.807) is 36.4 Å². The maximum atomic E-state index is 12.3. The van der Waals surface area contributed by atoms with Gasteiger partial charge in [0, 0.05) is 11.6 Å². The lowest BCUT2D eigenvalue weighted by molar-refractivity contribution is 0.103. The number of carbonyl (C=O) groups is 1. The first-order valence-electron chi connectivity index (χ1n) is 7.98. The lowest BCUT2D eigenvalue weighted by atomic mass is 10.0. The number of phenolic OH excluding ortho intramolecular Hbond substituents is 1. The van der Waals surface area contributed by atoms with Crippen molar-refractivity contribution >= 4 is 5.78 Å². The van der Waals surface area contributed by atoms with Crippen LogP contribution >= 0.6 is 0 Å². The fraction of sp³-hybridized carbons (Fsp3) is 0.316. The minimum atomic E-state index is -0.198. The van der Waals surface area contributed by atoms with Crippen LogP contribution in [0, 0.1) is 0 Å². The molecule has 0 saturated carbocycles. The Kier molecular flexibility index (Phi) is 6.63. The Hall–Kier alpha value is -2.33. The molecule has 122 valence electrons. The molecule has 3 N–H and O–H groups in total. The minimum Gasteiger partial charge on any atom is -0.507 e. The summed E-state index contributed by atoms with van der Waals surface area (Å²) >= 11 is 0. The highest BCUT2D eigenvalue weighted by Gasteiger charge is 2.13. The Balaban J connectivity index is 1.92. The van der Waals surface area contributed by atoms with Crippen molar-refractivity contribution in [1.29, 1.82) is 0 Å². The monoisotopic (exact) mass is 313 g/mol. The number of carbonyl (C=O) groups excluding carboxylic acids is 1. The first-order chi connectivity index (χ1) is 11.2. The van der Waals surface area contributed by atoms with Gasteiger partial charge in [0.15, 0.2) is 5.78 Å². The first kappa shape index (κ1) is 17.0. The average molecular weight is 313 g/mol. The van der Waals surface area contributed by atoms with Crippen LogP contribution in [0.3, 0.4) is 0 Å². The SMILES string of the molecule is NCCCCCCOc1ccc(C(=O)c2ccccc2)c(O)c1. The number of aromatic hydroxyl groups is 1. The molecule has 2 aromatic rings. The van der Waals surface area contributed by atoms with Gasteiger partial charge in [-0.05, 0) is 31.5 Å². The van der Waals surface area contributed by atoms with Gasteiger partial charge in [-0.15, -0.1) is 0 Å². The molecule has 0 radical (unpaired) electrons. The molecule has 0 atom stereocenters. The van der Waals surface area contributed by atoms with E-state index >= 15 is 0 Å². The summed E-state index contributed by atoms with van der Waals surface area (Å²) in [5.74, 6) is 0.321. The summed E-state index contributed by atoms with van der Waals surface area (Å²) in [5.41, 5.74) is 6.28. The highest BCUT2D eigenvalue weighted by Crippen LogP contribution is 2.26. The number of rotatable bonds is 9. The van der Waals surface area contributed by atoms with Crippen LogP contribution in [0.4, 0.5) is 0 Å². The molecule has 0 unspecified atom stereocenters. The van der Waals surface area contributed by atoms with Gasteiger partial charge in [0.05, 0.1) is 12.2 Å². The molecule has 0 aliphatic heterocycles. The molecular formula is C19H23NO3. The molecule has 0 aliphatic carbocycles. The molecular weight excluding hydrogens is 290 g/mol. The van der Waals surface area contributed by atoms with Crippen molar-refractivity contribution in [3.8, 4) is 11.5 Å². The lowest BCUT2D eigenvalue weighted by Crippen LogP contribution is -2.03. The van der Waals surface area contributed by atoms with Crippen LogP contribution in [0.25, 0.3) is 0 Å². The van der Waals surface area contributed by atoms with Crippen molar-refractivity contribution in [2.24, 2.45) is 5.73 Å². The number of hydrogen-bond acceptors (Lipinski definition) is 4. The standard InChI is InChI=1S/C19H23NO3/c20-12-6-1-2-7-13-23-16-10-11-17(18(21)14-16)19(22)15-8-4-3-5-9-15/h3-5,8-11,14,21H,1-2,6-7,12-13,20H2. The van der Waals surface area contributed by atoms with Crippen molar-refractivity contribution in [2.45, 2.75) is 25.7 Å². The zero-order chi connectivity index (χ0) is 16.5. The Morgan fingerprint density at radius 1 is 1.00 bits per heavy atom. The molecule has 0 spiro atoms. The molecule has 0 aliphatic rings. The van der Waals surface area contributed by atoms with E-state index in [0.29, 0.717) is 17.9 Å². The quantitative estimate of drug-likeness (QED) is 0.549. The van der Waals surface area contributed by atoms with E-state index < -0.39 is 0 Å². The van der Waals surface area contributed by atoms with Gasteiger partial charge in [-0.3, -0.25) is 4.79 Å². The number of hydrogen-bond donors (Lipinski definition) is 2. The number of ether oxygens (including phenoxy) is 1. The van der Waals surface area contributed by atoms with Gasteiger partial charge in [0.1, 0.15) is 11.5 Å². The highest BCUT2D eigenvalue weighted by atomic mass is 16.5. The van der Waals surface area contributed by atoms with Crippen molar-refractivity contribution in [2.75, 3.05) is 13.2 Å². The van der Waals surface area contributed by atoms with Crippen LogP contribution in [-0.4, -0.2) is 24.0 Å². The predicted octanol–water partition coefficient (Wildman–Crippen LogP) is 3.52. The second-order valence-electron chi connectivity index (χ2n) is 5.43. The van der Waals surface area contributed by atoms with Gasteiger partial charge in [-0.25, -0.2) is 0 Å². The van der Waals surface area contributed by atoms with Crippen molar-refractivity contribution in [3.05, 3.63) is 59.7 Å². The van der Waals surface area contributed by atoms with Gasteiger partial charge in [0.2, 0.25) is 0 Å². The third-order valence-corrected chi connectivity index (χ3v) is 3.62. The van der Waals surface area contributed by atoms with Crippen molar-refractivity contribution in [1.82, 2.24) is 0 Å². The second-order valence-corrected chi connectivity index (χ2v) is 5.43. The van der Waals surface area contributed by atoms with E-state index in [9.17, 15) is 9.90 Å². The summed E-state index contributed by atoms with van der Waals surface area (Å²) in [6, 6.07) is 13.7. The largest absolute Gasteiger partial charge is 0.507 e. The van der Waals surface area contributed by atoms with E-state index in [-0.39, 0.29) is 17.1 Å². The van der Waals surface area contributed by atoms with E-state index in [0.717, 1.165) is 32.2 Å². The summed E-state index contributed by atoms with van der Waals surface area (Å²) in [6.45, 7) is 1.32. The van der Waals surface area contributed by atoms with Gasteiger partial charge in [-0.2, -0.15) is 0 Å². The average Bonchev–Trinajstić information content (AvgIpc) is 2.58. The van der Waals surface area contributed by atoms with Gasteiger partial charge < -0.3 is 15.6 Å². The molecule has 0 heterocycles. The number of benzene rings is 2. The summed E-state index contributed by atoms with van der Waals surface area (Å²) in [4.78, 5) is 12.3. The fourth-order valence-corrected chi connectivity index (χ4v) is 2.33. The number of phenols is 1. The minimum absolute atomic E-state index is 0.0560. The molecule has 2 rings (SSSR count). The summed E-state index contributed by atoms with van der Waals surface area (Å²) < 4.78 is 5.60. The summed E-state index contributed by atoms with van der Waals surface area (Å²) in [5, 5.41) is 10.1. The number of unbranched alkanes of at least 4 members (excludes halogenated alkanes) is 3. The van der Waals surface area contributed by atoms with E-state index in [1.807, 2.05) is 6.07 Å². The zero-order valence-corrected chi connectivity index (χ0v) is 13.2. The maximum Gasteiger partial charge on any atom is 0.196 e. The Morgan fingerprint density at radius 3 is 2.43 bits per heavy atom.